The topological polar surface area (TPSA) is 118 Å². The van der Waals surface area contributed by atoms with E-state index in [4.69, 9.17) is 10.5 Å². The van der Waals surface area contributed by atoms with Gasteiger partial charge in [0.15, 0.2) is 11.5 Å². The number of carbonyl (C=O) groups is 1. The Balaban J connectivity index is 1.47. The molecule has 1 atom stereocenters. The van der Waals surface area contributed by atoms with Crippen LogP contribution in [0.1, 0.15) is 67.2 Å². The largest absolute Gasteiger partial charge is 0.495 e. The zero-order valence-electron chi connectivity index (χ0n) is 22.0. The lowest BCUT2D eigenvalue weighted by atomic mass is 9.86. The monoisotopic (exact) mass is 501 g/mol. The first-order valence-electron chi connectivity index (χ1n) is 12.8. The lowest BCUT2D eigenvalue weighted by molar-refractivity contribution is 0.0995. The van der Waals surface area contributed by atoms with E-state index in [1.807, 2.05) is 24.3 Å². The van der Waals surface area contributed by atoms with Crippen LogP contribution >= 0.6 is 0 Å². The van der Waals surface area contributed by atoms with Crippen LogP contribution in [0.5, 0.6) is 5.75 Å². The SMILES string of the molecule is COc1cc2c(cc1Nc1nnc(C(N)=O)c(Nc3ccccc3C(C)(C)C)n1)CN1CCCCC1C2. The first kappa shape index (κ1) is 25.0. The number of primary amides is 1. The van der Waals surface area contributed by atoms with Crippen LogP contribution in [0.15, 0.2) is 36.4 Å². The molecule has 0 bridgehead atoms. The van der Waals surface area contributed by atoms with Gasteiger partial charge in [0, 0.05) is 18.3 Å². The predicted molar refractivity (Wildman–Crippen MR) is 145 cm³/mol. The number of nitrogens with two attached hydrogens (primary N) is 1. The molecule has 2 aliphatic heterocycles. The zero-order valence-corrected chi connectivity index (χ0v) is 22.0. The minimum atomic E-state index is -0.704. The average molecular weight is 502 g/mol. The van der Waals surface area contributed by atoms with Gasteiger partial charge in [-0.05, 0) is 66.1 Å². The van der Waals surface area contributed by atoms with E-state index >= 15 is 0 Å². The summed E-state index contributed by atoms with van der Waals surface area (Å²) in [5.74, 6) is 0.503. The van der Waals surface area contributed by atoms with Gasteiger partial charge in [0.1, 0.15) is 5.75 Å². The number of methoxy groups -OCH3 is 1. The average Bonchev–Trinajstić information content (AvgIpc) is 2.87. The molecule has 37 heavy (non-hydrogen) atoms. The van der Waals surface area contributed by atoms with Crippen molar-refractivity contribution in [3.63, 3.8) is 0 Å². The lowest BCUT2D eigenvalue weighted by Crippen LogP contribution is -2.43. The van der Waals surface area contributed by atoms with Crippen LogP contribution in [0.4, 0.5) is 23.1 Å². The predicted octanol–water partition coefficient (Wildman–Crippen LogP) is 4.67. The Labute approximate surface area is 217 Å². The van der Waals surface area contributed by atoms with Gasteiger partial charge in [-0.25, -0.2) is 0 Å². The van der Waals surface area contributed by atoms with Gasteiger partial charge in [0.05, 0.1) is 12.8 Å². The van der Waals surface area contributed by atoms with Crippen molar-refractivity contribution < 1.29 is 9.53 Å². The van der Waals surface area contributed by atoms with E-state index in [9.17, 15) is 4.79 Å². The molecule has 5 rings (SSSR count). The van der Waals surface area contributed by atoms with Crippen molar-refractivity contribution in [2.45, 2.75) is 64.5 Å². The molecule has 3 aromatic rings. The van der Waals surface area contributed by atoms with E-state index in [-0.39, 0.29) is 22.9 Å². The number of rotatable bonds is 6. The number of anilines is 4. The van der Waals surface area contributed by atoms with E-state index in [0.29, 0.717) is 6.04 Å². The summed E-state index contributed by atoms with van der Waals surface area (Å²) in [5.41, 5.74) is 10.7. The van der Waals surface area contributed by atoms with E-state index in [0.717, 1.165) is 42.2 Å². The second-order valence-electron chi connectivity index (χ2n) is 10.9. The van der Waals surface area contributed by atoms with Gasteiger partial charge in [-0.15, -0.1) is 10.2 Å². The molecule has 9 heteroatoms. The molecule has 0 aliphatic carbocycles. The smallest absolute Gasteiger partial charge is 0.273 e. The molecule has 1 aromatic heterocycles. The Morgan fingerprint density at radius 2 is 1.89 bits per heavy atom. The van der Waals surface area contributed by atoms with Crippen molar-refractivity contribution in [2.75, 3.05) is 24.3 Å². The Kier molecular flexibility index (Phi) is 6.72. The Morgan fingerprint density at radius 1 is 1.08 bits per heavy atom. The summed E-state index contributed by atoms with van der Waals surface area (Å²) < 4.78 is 5.72. The molecule has 1 amide bonds. The van der Waals surface area contributed by atoms with Gasteiger partial charge >= 0.3 is 0 Å². The molecule has 1 unspecified atom stereocenters. The van der Waals surface area contributed by atoms with E-state index < -0.39 is 5.91 Å². The van der Waals surface area contributed by atoms with Gasteiger partial charge in [-0.2, -0.15) is 4.98 Å². The van der Waals surface area contributed by atoms with Gasteiger partial charge in [0.25, 0.3) is 5.91 Å². The molecule has 2 aromatic carbocycles. The first-order chi connectivity index (χ1) is 17.7. The highest BCUT2D eigenvalue weighted by Crippen LogP contribution is 2.37. The fraction of sp³-hybridized carbons (Fsp3) is 0.429. The Hall–Kier alpha value is -3.72. The molecule has 4 N–H and O–H groups in total. The highest BCUT2D eigenvalue weighted by Gasteiger charge is 2.29. The molecule has 2 aliphatic rings. The van der Waals surface area contributed by atoms with Crippen LogP contribution in [0.3, 0.4) is 0 Å². The first-order valence-corrected chi connectivity index (χ1v) is 12.8. The van der Waals surface area contributed by atoms with Crippen LogP contribution in [0, 0.1) is 0 Å². The number of carbonyl (C=O) groups excluding carboxylic acids is 1. The van der Waals surface area contributed by atoms with Crippen LogP contribution in [0.2, 0.25) is 0 Å². The molecule has 1 saturated heterocycles. The fourth-order valence-corrected chi connectivity index (χ4v) is 5.37. The summed E-state index contributed by atoms with van der Waals surface area (Å²) in [6.07, 6.45) is 4.85. The number of amides is 1. The van der Waals surface area contributed by atoms with Gasteiger partial charge in [-0.3, -0.25) is 9.69 Å². The molecular weight excluding hydrogens is 466 g/mol. The van der Waals surface area contributed by atoms with E-state index in [1.165, 1.54) is 30.4 Å². The summed E-state index contributed by atoms with van der Waals surface area (Å²) in [4.78, 5) is 19.3. The Morgan fingerprint density at radius 3 is 2.65 bits per heavy atom. The third-order valence-corrected chi connectivity index (χ3v) is 7.25. The molecule has 0 saturated carbocycles. The second-order valence-corrected chi connectivity index (χ2v) is 10.9. The van der Waals surface area contributed by atoms with Crippen molar-refractivity contribution >= 4 is 29.0 Å². The maximum absolute atomic E-state index is 12.1. The molecule has 0 spiro atoms. The van der Waals surface area contributed by atoms with Crippen molar-refractivity contribution in [2.24, 2.45) is 5.73 Å². The lowest BCUT2D eigenvalue weighted by Gasteiger charge is -2.40. The zero-order chi connectivity index (χ0) is 26.2. The number of benzene rings is 2. The quantitative estimate of drug-likeness (QED) is 0.446. The number of aromatic nitrogens is 3. The highest BCUT2D eigenvalue weighted by molar-refractivity contribution is 5.96. The van der Waals surface area contributed by atoms with Crippen LogP contribution in [0.25, 0.3) is 0 Å². The maximum atomic E-state index is 12.1. The van der Waals surface area contributed by atoms with Crippen LogP contribution in [-0.2, 0) is 18.4 Å². The maximum Gasteiger partial charge on any atom is 0.273 e. The number of fused-ring (bicyclic) bond motifs is 2. The molecule has 9 nitrogen and oxygen atoms in total. The summed E-state index contributed by atoms with van der Waals surface area (Å²) in [7, 11) is 1.66. The molecule has 1 fully saturated rings. The number of hydrogen-bond acceptors (Lipinski definition) is 8. The third kappa shape index (κ3) is 5.22. The molecular formula is C28H35N7O2. The minimum Gasteiger partial charge on any atom is -0.495 e. The number of hydrogen-bond donors (Lipinski definition) is 3. The molecule has 3 heterocycles. The summed E-state index contributed by atoms with van der Waals surface area (Å²) in [6.45, 7) is 8.45. The van der Waals surface area contributed by atoms with E-state index in [1.54, 1.807) is 7.11 Å². The van der Waals surface area contributed by atoms with Crippen molar-refractivity contribution in [1.29, 1.82) is 0 Å². The number of ether oxygens (including phenoxy) is 1. The highest BCUT2D eigenvalue weighted by atomic mass is 16.5. The molecule has 0 radical (unpaired) electrons. The number of piperidine rings is 1. The van der Waals surface area contributed by atoms with Gasteiger partial charge in [-0.1, -0.05) is 45.4 Å². The Bertz CT molecular complexity index is 1320. The summed E-state index contributed by atoms with van der Waals surface area (Å²) in [5, 5.41) is 14.8. The molecule has 194 valence electrons. The van der Waals surface area contributed by atoms with Crippen LogP contribution in [-0.4, -0.2) is 45.7 Å². The van der Waals surface area contributed by atoms with Crippen molar-refractivity contribution in [3.05, 3.63) is 58.8 Å². The fourth-order valence-electron chi connectivity index (χ4n) is 5.37. The standard InChI is InChI=1S/C28H35N7O2/c1-28(2,3)20-10-5-6-11-21(20)30-26-24(25(29)36)33-34-27(32-26)31-22-14-18-16-35-12-8-7-9-19(35)13-17(18)15-23(22)37-4/h5-6,10-11,14-15,19H,7-9,12-13,16H2,1-4H3,(H2,29,36)(H2,30,31,32,34). The van der Waals surface area contributed by atoms with Crippen molar-refractivity contribution in [3.8, 4) is 5.75 Å². The number of nitrogens with one attached hydrogen (secondary N) is 2. The summed E-state index contributed by atoms with van der Waals surface area (Å²) >= 11 is 0. The number of para-hydroxylation sites is 1. The second kappa shape index (κ2) is 9.97. The van der Waals surface area contributed by atoms with Crippen molar-refractivity contribution in [1.82, 2.24) is 20.1 Å². The minimum absolute atomic E-state index is 0.0252. The van der Waals surface area contributed by atoms with Gasteiger partial charge in [0.2, 0.25) is 5.95 Å². The van der Waals surface area contributed by atoms with Gasteiger partial charge < -0.3 is 21.1 Å². The number of nitrogens with zero attached hydrogens (tertiary/aromatic N) is 4. The van der Waals surface area contributed by atoms with E-state index in [2.05, 4.69) is 63.6 Å². The normalized spacial score (nSPS) is 17.5. The van der Waals surface area contributed by atoms with Crippen LogP contribution < -0.4 is 21.1 Å². The summed E-state index contributed by atoms with van der Waals surface area (Å²) in [6, 6.07) is 12.8. The third-order valence-electron chi connectivity index (χ3n) is 7.25.